The highest BCUT2D eigenvalue weighted by molar-refractivity contribution is 5.91. The number of nitriles is 1. The van der Waals surface area contributed by atoms with E-state index in [0.29, 0.717) is 25.3 Å². The molecule has 7 nitrogen and oxygen atoms in total. The summed E-state index contributed by atoms with van der Waals surface area (Å²) in [6.07, 6.45) is 0.445. The standard InChI is InChI=1S/C9H13N5O2/c1-14(4-2-3-10)6-7-5-8(13-16-7)9(15)12-11/h5H,2,4,6,11H2,1H3,(H,12,15). The van der Waals surface area contributed by atoms with E-state index in [0.717, 1.165) is 0 Å². The molecule has 0 aliphatic heterocycles. The van der Waals surface area contributed by atoms with Crippen LogP contribution in [-0.2, 0) is 6.54 Å². The van der Waals surface area contributed by atoms with Crippen LogP contribution in [0.15, 0.2) is 10.6 Å². The normalized spacial score (nSPS) is 10.1. The zero-order chi connectivity index (χ0) is 12.0. The van der Waals surface area contributed by atoms with E-state index < -0.39 is 5.91 Å². The molecule has 7 heteroatoms. The first-order chi connectivity index (χ1) is 7.67. The number of nitrogen functional groups attached to an aromatic ring is 1. The van der Waals surface area contributed by atoms with E-state index in [1.807, 2.05) is 23.4 Å². The Labute approximate surface area is 92.8 Å². The fraction of sp³-hybridized carbons (Fsp3) is 0.444. The molecule has 0 radical (unpaired) electrons. The molecule has 0 fully saturated rings. The number of hydrogen-bond donors (Lipinski definition) is 2. The molecule has 1 aromatic heterocycles. The van der Waals surface area contributed by atoms with Crippen molar-refractivity contribution in [2.24, 2.45) is 5.84 Å². The highest BCUT2D eigenvalue weighted by atomic mass is 16.5. The Balaban J connectivity index is 2.52. The van der Waals surface area contributed by atoms with E-state index in [9.17, 15) is 4.79 Å². The van der Waals surface area contributed by atoms with Gasteiger partial charge in [-0.2, -0.15) is 5.26 Å². The summed E-state index contributed by atoms with van der Waals surface area (Å²) in [6.45, 7) is 1.13. The predicted molar refractivity (Wildman–Crippen MR) is 54.7 cm³/mol. The van der Waals surface area contributed by atoms with Gasteiger partial charge >= 0.3 is 0 Å². The molecule has 0 saturated carbocycles. The van der Waals surface area contributed by atoms with Crippen molar-refractivity contribution >= 4 is 5.91 Å². The van der Waals surface area contributed by atoms with E-state index in [-0.39, 0.29) is 5.69 Å². The van der Waals surface area contributed by atoms with Crippen LogP contribution < -0.4 is 11.3 Å². The van der Waals surface area contributed by atoms with Crippen LogP contribution in [-0.4, -0.2) is 29.6 Å². The summed E-state index contributed by atoms with van der Waals surface area (Å²) in [5, 5.41) is 12.0. The molecular weight excluding hydrogens is 210 g/mol. The lowest BCUT2D eigenvalue weighted by atomic mass is 10.3. The Morgan fingerprint density at radius 1 is 1.81 bits per heavy atom. The van der Waals surface area contributed by atoms with Crippen LogP contribution in [0.25, 0.3) is 0 Å². The van der Waals surface area contributed by atoms with Gasteiger partial charge in [0.25, 0.3) is 5.91 Å². The van der Waals surface area contributed by atoms with E-state index in [1.165, 1.54) is 6.07 Å². The molecule has 1 rings (SSSR count). The molecule has 86 valence electrons. The highest BCUT2D eigenvalue weighted by Crippen LogP contribution is 2.06. The smallest absolute Gasteiger partial charge is 0.287 e. The fourth-order valence-electron chi connectivity index (χ4n) is 1.15. The van der Waals surface area contributed by atoms with Gasteiger partial charge in [-0.25, -0.2) is 5.84 Å². The monoisotopic (exact) mass is 223 g/mol. The maximum absolute atomic E-state index is 11.1. The topological polar surface area (TPSA) is 108 Å². The molecule has 0 atom stereocenters. The van der Waals surface area contributed by atoms with Crippen molar-refractivity contribution in [1.82, 2.24) is 15.5 Å². The molecule has 1 heterocycles. The maximum Gasteiger partial charge on any atom is 0.287 e. The van der Waals surface area contributed by atoms with Crippen molar-refractivity contribution in [2.75, 3.05) is 13.6 Å². The van der Waals surface area contributed by atoms with Crippen molar-refractivity contribution in [3.8, 4) is 6.07 Å². The largest absolute Gasteiger partial charge is 0.359 e. The van der Waals surface area contributed by atoms with Crippen LogP contribution in [0.3, 0.4) is 0 Å². The molecule has 0 aliphatic rings. The van der Waals surface area contributed by atoms with Crippen molar-refractivity contribution < 1.29 is 9.32 Å². The first kappa shape index (κ1) is 12.2. The number of hydrazine groups is 1. The lowest BCUT2D eigenvalue weighted by Crippen LogP contribution is -2.30. The van der Waals surface area contributed by atoms with Gasteiger partial charge in [-0.15, -0.1) is 0 Å². The van der Waals surface area contributed by atoms with Crippen LogP contribution in [0.2, 0.25) is 0 Å². The van der Waals surface area contributed by atoms with Gasteiger partial charge in [0.2, 0.25) is 0 Å². The molecular formula is C9H13N5O2. The Kier molecular flexibility index (Phi) is 4.44. The SMILES string of the molecule is CN(CCC#N)Cc1cc(C(=O)NN)no1. The van der Waals surface area contributed by atoms with Crippen molar-refractivity contribution in [2.45, 2.75) is 13.0 Å². The Bertz CT molecular complexity index is 395. The molecule has 0 unspecified atom stereocenters. The van der Waals surface area contributed by atoms with E-state index in [4.69, 9.17) is 15.6 Å². The average Bonchev–Trinajstić information content (AvgIpc) is 2.73. The van der Waals surface area contributed by atoms with Crippen LogP contribution in [0.1, 0.15) is 22.7 Å². The van der Waals surface area contributed by atoms with Gasteiger partial charge in [0, 0.05) is 19.0 Å². The Morgan fingerprint density at radius 3 is 3.19 bits per heavy atom. The van der Waals surface area contributed by atoms with Crippen molar-refractivity contribution in [3.05, 3.63) is 17.5 Å². The number of nitrogens with two attached hydrogens (primary N) is 1. The summed E-state index contributed by atoms with van der Waals surface area (Å²) in [5.74, 6) is 5.02. The zero-order valence-corrected chi connectivity index (χ0v) is 8.93. The third kappa shape index (κ3) is 3.34. The highest BCUT2D eigenvalue weighted by Gasteiger charge is 2.12. The Morgan fingerprint density at radius 2 is 2.56 bits per heavy atom. The summed E-state index contributed by atoms with van der Waals surface area (Å²) in [7, 11) is 1.85. The average molecular weight is 223 g/mol. The summed E-state index contributed by atoms with van der Waals surface area (Å²) in [6, 6.07) is 3.57. The van der Waals surface area contributed by atoms with Crippen LogP contribution in [0.4, 0.5) is 0 Å². The quantitative estimate of drug-likeness (QED) is 0.400. The fourth-order valence-corrected chi connectivity index (χ4v) is 1.15. The van der Waals surface area contributed by atoms with Gasteiger partial charge in [0.1, 0.15) is 0 Å². The second kappa shape index (κ2) is 5.85. The number of nitrogens with one attached hydrogen (secondary N) is 1. The first-order valence-corrected chi connectivity index (χ1v) is 4.69. The summed E-state index contributed by atoms with van der Waals surface area (Å²) in [4.78, 5) is 13.0. The number of carbonyl (C=O) groups excluding carboxylic acids is 1. The minimum Gasteiger partial charge on any atom is -0.359 e. The van der Waals surface area contributed by atoms with Gasteiger partial charge in [-0.05, 0) is 7.05 Å². The lowest BCUT2D eigenvalue weighted by Gasteiger charge is -2.11. The molecule has 1 aromatic rings. The molecule has 0 aromatic carbocycles. The van der Waals surface area contributed by atoms with E-state index in [1.54, 1.807) is 0 Å². The molecule has 3 N–H and O–H groups in total. The molecule has 0 aliphatic carbocycles. The van der Waals surface area contributed by atoms with Crippen molar-refractivity contribution in [3.63, 3.8) is 0 Å². The van der Waals surface area contributed by atoms with Crippen LogP contribution in [0, 0.1) is 11.3 Å². The maximum atomic E-state index is 11.1. The van der Waals surface area contributed by atoms with Gasteiger partial charge in [-0.3, -0.25) is 15.1 Å². The number of amides is 1. The molecule has 0 saturated heterocycles. The molecule has 1 amide bonds. The van der Waals surface area contributed by atoms with Gasteiger partial charge in [-0.1, -0.05) is 5.16 Å². The summed E-state index contributed by atoms with van der Waals surface area (Å²) >= 11 is 0. The van der Waals surface area contributed by atoms with Crippen LogP contribution in [0.5, 0.6) is 0 Å². The number of hydrogen-bond acceptors (Lipinski definition) is 6. The summed E-state index contributed by atoms with van der Waals surface area (Å²) in [5.41, 5.74) is 2.11. The van der Waals surface area contributed by atoms with Gasteiger partial charge < -0.3 is 4.52 Å². The van der Waals surface area contributed by atoms with Gasteiger partial charge in [0.15, 0.2) is 11.5 Å². The minimum atomic E-state index is -0.491. The lowest BCUT2D eigenvalue weighted by molar-refractivity contribution is 0.0944. The number of nitrogens with zero attached hydrogens (tertiary/aromatic N) is 3. The van der Waals surface area contributed by atoms with Gasteiger partial charge in [0.05, 0.1) is 12.6 Å². The molecule has 0 spiro atoms. The Hall–Kier alpha value is -1.91. The van der Waals surface area contributed by atoms with Crippen molar-refractivity contribution in [1.29, 1.82) is 5.26 Å². The van der Waals surface area contributed by atoms with E-state index in [2.05, 4.69) is 5.16 Å². The second-order valence-corrected chi connectivity index (χ2v) is 3.30. The first-order valence-electron chi connectivity index (χ1n) is 4.69. The molecule has 16 heavy (non-hydrogen) atoms. The molecule has 0 bridgehead atoms. The zero-order valence-electron chi connectivity index (χ0n) is 8.93. The number of carbonyl (C=O) groups is 1. The van der Waals surface area contributed by atoms with Crippen LogP contribution >= 0.6 is 0 Å². The summed E-state index contributed by atoms with van der Waals surface area (Å²) < 4.78 is 4.95. The number of aromatic nitrogens is 1. The third-order valence-corrected chi connectivity index (χ3v) is 1.95. The van der Waals surface area contributed by atoms with E-state index >= 15 is 0 Å². The second-order valence-electron chi connectivity index (χ2n) is 3.30. The predicted octanol–water partition coefficient (Wildman–Crippen LogP) is -0.376. The number of rotatable bonds is 5. The minimum absolute atomic E-state index is 0.145. The third-order valence-electron chi connectivity index (χ3n) is 1.95.